The normalized spacial score (nSPS) is 11.0. The number of nitrogen functional groups attached to an aromatic ring is 1. The second kappa shape index (κ2) is 9.37. The van der Waals surface area contributed by atoms with Crippen LogP contribution in [0.1, 0.15) is 11.1 Å². The lowest BCUT2D eigenvalue weighted by Crippen LogP contribution is -2.23. The average molecular weight is 441 g/mol. The van der Waals surface area contributed by atoms with Crippen LogP contribution in [0.4, 0.5) is 20.6 Å². The molecule has 0 saturated heterocycles. The fraction of sp³-hybridized carbons (Fsp3) is 0.0476. The van der Waals surface area contributed by atoms with Gasteiger partial charge in [0.05, 0.1) is 4.90 Å². The lowest BCUT2D eigenvalue weighted by molar-refractivity contribution is 0.262. The van der Waals surface area contributed by atoms with Crippen LogP contribution in [0.15, 0.2) is 77.7 Å². The summed E-state index contributed by atoms with van der Waals surface area (Å²) in [7, 11) is -3.78. The summed E-state index contributed by atoms with van der Waals surface area (Å²) in [5.74, 6) is -0.515. The first kappa shape index (κ1) is 21.9. The van der Waals surface area contributed by atoms with Crippen molar-refractivity contribution in [2.75, 3.05) is 10.6 Å². The smallest absolute Gasteiger partial charge is 0.323 e. The van der Waals surface area contributed by atoms with E-state index in [1.54, 1.807) is 24.3 Å². The fourth-order valence-corrected chi connectivity index (χ4v) is 3.66. The quantitative estimate of drug-likeness (QED) is 0.284. The first-order chi connectivity index (χ1) is 14.7. The predicted molar refractivity (Wildman–Crippen MR) is 117 cm³/mol. The average Bonchev–Trinajstić information content (AvgIpc) is 2.74. The number of benzene rings is 3. The molecule has 3 aromatic carbocycles. The Morgan fingerprint density at radius 1 is 0.935 bits per heavy atom. The molecule has 0 aliphatic heterocycles. The number of carbonyl (C=O) groups excluding carboxylic acids is 1. The number of rotatable bonds is 7. The Balaban J connectivity index is 1.60. The summed E-state index contributed by atoms with van der Waals surface area (Å²) < 4.78 is 40.2. The Kier molecular flexibility index (Phi) is 6.63. The standard InChI is InChI=1S/C21H20FN5O3S/c22-16-6-4-14(5-7-16)13-25-31(29,30)19-10-8-17(9-11-19)26-21(28)27-18-3-1-2-15(12-18)20(23)24/h1-12,25H,13H2,(H3,23,24)(H2,26,27,28). The number of amidine groups is 1. The number of urea groups is 1. The maximum Gasteiger partial charge on any atom is 0.323 e. The largest absolute Gasteiger partial charge is 0.384 e. The van der Waals surface area contributed by atoms with E-state index in [0.717, 1.165) is 0 Å². The van der Waals surface area contributed by atoms with Crippen LogP contribution in [-0.2, 0) is 16.6 Å². The zero-order valence-electron chi connectivity index (χ0n) is 16.2. The number of halogens is 1. The van der Waals surface area contributed by atoms with Crippen LogP contribution in [0.2, 0.25) is 0 Å². The zero-order valence-corrected chi connectivity index (χ0v) is 17.0. The van der Waals surface area contributed by atoms with Crippen molar-refractivity contribution in [3.8, 4) is 0 Å². The maximum atomic E-state index is 12.9. The van der Waals surface area contributed by atoms with E-state index >= 15 is 0 Å². The first-order valence-electron chi connectivity index (χ1n) is 9.09. The molecule has 0 atom stereocenters. The van der Waals surface area contributed by atoms with Gasteiger partial charge in [-0.3, -0.25) is 5.41 Å². The zero-order chi connectivity index (χ0) is 22.4. The van der Waals surface area contributed by atoms with E-state index in [2.05, 4.69) is 15.4 Å². The van der Waals surface area contributed by atoms with Crippen molar-refractivity contribution < 1.29 is 17.6 Å². The van der Waals surface area contributed by atoms with Crippen molar-refractivity contribution in [1.29, 1.82) is 5.41 Å². The van der Waals surface area contributed by atoms with Crippen molar-refractivity contribution in [2.24, 2.45) is 5.73 Å². The van der Waals surface area contributed by atoms with Gasteiger partial charge in [-0.25, -0.2) is 22.3 Å². The second-order valence-electron chi connectivity index (χ2n) is 6.55. The van der Waals surface area contributed by atoms with Gasteiger partial charge in [-0.15, -0.1) is 0 Å². The predicted octanol–water partition coefficient (Wildman–Crippen LogP) is 3.23. The van der Waals surface area contributed by atoms with E-state index < -0.39 is 21.9 Å². The molecule has 0 aromatic heterocycles. The molecule has 0 aliphatic carbocycles. The molecule has 10 heteroatoms. The van der Waals surface area contributed by atoms with Gasteiger partial charge in [0.25, 0.3) is 0 Å². The van der Waals surface area contributed by atoms with E-state index in [-0.39, 0.29) is 17.3 Å². The minimum Gasteiger partial charge on any atom is -0.384 e. The highest BCUT2D eigenvalue weighted by atomic mass is 32.2. The number of sulfonamides is 1. The minimum absolute atomic E-state index is 0.0182. The summed E-state index contributed by atoms with van der Waals surface area (Å²) in [4.78, 5) is 12.2. The molecule has 0 saturated carbocycles. The number of carbonyl (C=O) groups is 1. The Morgan fingerprint density at radius 2 is 1.58 bits per heavy atom. The van der Waals surface area contributed by atoms with Gasteiger partial charge in [0.1, 0.15) is 11.7 Å². The minimum atomic E-state index is -3.78. The van der Waals surface area contributed by atoms with Crippen molar-refractivity contribution in [2.45, 2.75) is 11.4 Å². The number of hydrogen-bond donors (Lipinski definition) is 5. The molecule has 31 heavy (non-hydrogen) atoms. The highest BCUT2D eigenvalue weighted by molar-refractivity contribution is 7.89. The maximum absolute atomic E-state index is 12.9. The number of amides is 2. The van der Waals surface area contributed by atoms with Crippen LogP contribution in [0.5, 0.6) is 0 Å². The third kappa shape index (κ3) is 6.11. The summed E-state index contributed by atoms with van der Waals surface area (Å²) in [6.07, 6.45) is 0. The van der Waals surface area contributed by atoms with Crippen LogP contribution >= 0.6 is 0 Å². The van der Waals surface area contributed by atoms with Crippen LogP contribution in [0.3, 0.4) is 0 Å². The molecule has 0 heterocycles. The van der Waals surface area contributed by atoms with Crippen LogP contribution < -0.4 is 21.1 Å². The van der Waals surface area contributed by atoms with Crippen molar-refractivity contribution in [3.63, 3.8) is 0 Å². The first-order valence-corrected chi connectivity index (χ1v) is 10.6. The molecule has 160 valence electrons. The Labute approximate surface area is 178 Å². The number of nitrogens with two attached hydrogens (primary N) is 1. The monoisotopic (exact) mass is 441 g/mol. The van der Waals surface area contributed by atoms with Gasteiger partial charge in [-0.2, -0.15) is 0 Å². The summed E-state index contributed by atoms with van der Waals surface area (Å²) in [6.45, 7) is 0.0182. The van der Waals surface area contributed by atoms with E-state index in [1.807, 2.05) is 0 Å². The van der Waals surface area contributed by atoms with Gasteiger partial charge in [0, 0.05) is 23.5 Å². The lowest BCUT2D eigenvalue weighted by atomic mass is 10.2. The molecule has 2 amide bonds. The third-order valence-electron chi connectivity index (χ3n) is 4.23. The molecule has 6 N–H and O–H groups in total. The SMILES string of the molecule is N=C(N)c1cccc(NC(=O)Nc2ccc(S(=O)(=O)NCc3ccc(F)cc3)cc2)c1. The molecule has 0 radical (unpaired) electrons. The van der Waals surface area contributed by atoms with Crippen LogP contribution in [-0.4, -0.2) is 20.3 Å². The highest BCUT2D eigenvalue weighted by Gasteiger charge is 2.14. The summed E-state index contributed by atoms with van der Waals surface area (Å²) in [5, 5.41) is 12.6. The van der Waals surface area contributed by atoms with Crippen LogP contribution in [0.25, 0.3) is 0 Å². The Bertz CT molecular complexity index is 1200. The molecular formula is C21H20FN5O3S. The van der Waals surface area contributed by atoms with E-state index in [1.165, 1.54) is 48.5 Å². The Morgan fingerprint density at radius 3 is 2.23 bits per heavy atom. The lowest BCUT2D eigenvalue weighted by Gasteiger charge is -2.10. The molecule has 0 fully saturated rings. The molecule has 0 aliphatic rings. The van der Waals surface area contributed by atoms with Gasteiger partial charge in [0.15, 0.2) is 0 Å². The summed E-state index contributed by atoms with van der Waals surface area (Å²) in [6, 6.07) is 17.1. The molecule has 3 rings (SSSR count). The van der Waals surface area contributed by atoms with E-state index in [4.69, 9.17) is 11.1 Å². The van der Waals surface area contributed by atoms with Crippen molar-refractivity contribution >= 4 is 33.3 Å². The summed E-state index contributed by atoms with van der Waals surface area (Å²) in [5.41, 5.74) is 7.36. The number of hydrogen-bond acceptors (Lipinski definition) is 4. The van der Waals surface area contributed by atoms with E-state index in [0.29, 0.717) is 22.5 Å². The van der Waals surface area contributed by atoms with Gasteiger partial charge in [0.2, 0.25) is 10.0 Å². The second-order valence-corrected chi connectivity index (χ2v) is 8.32. The Hall–Kier alpha value is -3.76. The third-order valence-corrected chi connectivity index (χ3v) is 5.65. The molecular weight excluding hydrogens is 421 g/mol. The highest BCUT2D eigenvalue weighted by Crippen LogP contribution is 2.16. The molecule has 3 aromatic rings. The molecule has 8 nitrogen and oxygen atoms in total. The topological polar surface area (TPSA) is 137 Å². The fourth-order valence-electron chi connectivity index (χ4n) is 2.64. The van der Waals surface area contributed by atoms with Gasteiger partial charge < -0.3 is 16.4 Å². The van der Waals surface area contributed by atoms with Gasteiger partial charge >= 0.3 is 6.03 Å². The molecule has 0 unspecified atom stereocenters. The van der Waals surface area contributed by atoms with Crippen molar-refractivity contribution in [3.05, 3.63) is 89.7 Å². The number of anilines is 2. The van der Waals surface area contributed by atoms with Gasteiger partial charge in [-0.1, -0.05) is 24.3 Å². The summed E-state index contributed by atoms with van der Waals surface area (Å²) >= 11 is 0. The van der Waals surface area contributed by atoms with E-state index in [9.17, 15) is 17.6 Å². The van der Waals surface area contributed by atoms with Crippen molar-refractivity contribution in [1.82, 2.24) is 4.72 Å². The molecule has 0 spiro atoms. The molecule has 0 bridgehead atoms. The number of nitrogens with one attached hydrogen (secondary N) is 4. The van der Waals surface area contributed by atoms with Crippen LogP contribution in [0, 0.1) is 11.2 Å². The van der Waals surface area contributed by atoms with Gasteiger partial charge in [-0.05, 0) is 54.1 Å².